The number of fused-ring (bicyclic) bond motifs is 1. The largest absolute Gasteiger partial charge is 0.374 e. The first-order valence-electron chi connectivity index (χ1n) is 4.98. The Hall–Kier alpha value is -1.55. The van der Waals surface area contributed by atoms with E-state index in [1.54, 1.807) is 0 Å². The fourth-order valence-corrected chi connectivity index (χ4v) is 1.94. The van der Waals surface area contributed by atoms with Crippen LogP contribution in [-0.4, -0.2) is 19.5 Å². The number of nitrogens with zero attached hydrogens (tertiary/aromatic N) is 1. The number of carbonyl (C=O) groups is 1. The summed E-state index contributed by atoms with van der Waals surface area (Å²) < 4.78 is 0. The van der Waals surface area contributed by atoms with Crippen molar-refractivity contribution >= 4 is 11.6 Å². The first-order chi connectivity index (χ1) is 7.09. The van der Waals surface area contributed by atoms with Crippen LogP contribution in [0.2, 0.25) is 0 Å². The summed E-state index contributed by atoms with van der Waals surface area (Å²) in [5, 5.41) is 0. The molecule has 1 aromatic carbocycles. The predicted molar refractivity (Wildman–Crippen MR) is 59.5 cm³/mol. The van der Waals surface area contributed by atoms with Gasteiger partial charge in [0.05, 0.1) is 0 Å². The number of hydrogen-bond donors (Lipinski definition) is 2. The van der Waals surface area contributed by atoms with Crippen molar-refractivity contribution in [1.29, 1.82) is 0 Å². The second kappa shape index (κ2) is 3.55. The van der Waals surface area contributed by atoms with Gasteiger partial charge in [0.15, 0.2) is 0 Å². The summed E-state index contributed by atoms with van der Waals surface area (Å²) in [6.07, 6.45) is 1.01. The summed E-state index contributed by atoms with van der Waals surface area (Å²) >= 11 is 0. The van der Waals surface area contributed by atoms with Gasteiger partial charge >= 0.3 is 0 Å². The average Bonchev–Trinajstić information content (AvgIpc) is 2.59. The van der Waals surface area contributed by atoms with Crippen LogP contribution in [-0.2, 0) is 11.2 Å². The highest BCUT2D eigenvalue weighted by molar-refractivity contribution is 5.81. The number of rotatable bonds is 2. The SMILES string of the molecule is CN1CCc2cc(C(N)C(N)=O)ccc21. The van der Waals surface area contributed by atoms with Crippen LogP contribution in [0.3, 0.4) is 0 Å². The number of amides is 1. The summed E-state index contributed by atoms with van der Waals surface area (Å²) in [7, 11) is 2.06. The third-order valence-corrected chi connectivity index (χ3v) is 2.90. The Labute approximate surface area is 88.9 Å². The van der Waals surface area contributed by atoms with Crippen LogP contribution in [0.15, 0.2) is 18.2 Å². The lowest BCUT2D eigenvalue weighted by molar-refractivity contribution is -0.119. The minimum atomic E-state index is -0.693. The molecule has 0 saturated carbocycles. The van der Waals surface area contributed by atoms with E-state index in [2.05, 4.69) is 11.9 Å². The Kier molecular flexibility index (Phi) is 2.36. The van der Waals surface area contributed by atoms with Crippen molar-refractivity contribution < 1.29 is 4.79 Å². The molecule has 0 aromatic heterocycles. The van der Waals surface area contributed by atoms with Crippen molar-refractivity contribution in [1.82, 2.24) is 0 Å². The molecular formula is C11H15N3O. The van der Waals surface area contributed by atoms with E-state index in [1.165, 1.54) is 11.3 Å². The summed E-state index contributed by atoms with van der Waals surface area (Å²) in [4.78, 5) is 13.1. The molecule has 1 atom stereocenters. The van der Waals surface area contributed by atoms with Gasteiger partial charge in [-0.05, 0) is 23.6 Å². The molecule has 80 valence electrons. The monoisotopic (exact) mass is 205 g/mol. The maximum Gasteiger partial charge on any atom is 0.238 e. The summed E-state index contributed by atoms with van der Waals surface area (Å²) in [6, 6.07) is 5.16. The van der Waals surface area contributed by atoms with Gasteiger partial charge in [-0.1, -0.05) is 12.1 Å². The zero-order valence-electron chi connectivity index (χ0n) is 8.73. The van der Waals surface area contributed by atoms with Gasteiger partial charge in [-0.3, -0.25) is 4.79 Å². The van der Waals surface area contributed by atoms with E-state index in [9.17, 15) is 4.79 Å². The molecule has 4 N–H and O–H groups in total. The standard InChI is InChI=1S/C11H15N3O/c1-14-5-4-7-6-8(2-3-9(7)14)10(12)11(13)15/h2-3,6,10H,4-5,12H2,1H3,(H2,13,15). The lowest BCUT2D eigenvalue weighted by atomic mass is 10.0. The maximum atomic E-state index is 11.0. The highest BCUT2D eigenvalue weighted by Gasteiger charge is 2.19. The third-order valence-electron chi connectivity index (χ3n) is 2.90. The Morgan fingerprint density at radius 1 is 1.53 bits per heavy atom. The molecule has 15 heavy (non-hydrogen) atoms. The zero-order valence-corrected chi connectivity index (χ0v) is 8.73. The number of nitrogens with two attached hydrogens (primary N) is 2. The van der Waals surface area contributed by atoms with Crippen molar-refractivity contribution in [2.45, 2.75) is 12.5 Å². The van der Waals surface area contributed by atoms with Gasteiger partial charge in [-0.15, -0.1) is 0 Å². The molecule has 0 fully saturated rings. The van der Waals surface area contributed by atoms with Crippen LogP contribution in [0.25, 0.3) is 0 Å². The van der Waals surface area contributed by atoms with Gasteiger partial charge in [0.1, 0.15) is 6.04 Å². The quantitative estimate of drug-likeness (QED) is 0.722. The van der Waals surface area contributed by atoms with Gasteiger partial charge in [-0.25, -0.2) is 0 Å². The highest BCUT2D eigenvalue weighted by Crippen LogP contribution is 2.28. The number of likely N-dealkylation sites (N-methyl/N-ethyl adjacent to an activating group) is 1. The number of primary amides is 1. The van der Waals surface area contributed by atoms with Gasteiger partial charge < -0.3 is 16.4 Å². The van der Waals surface area contributed by atoms with Gasteiger partial charge in [0.2, 0.25) is 5.91 Å². The summed E-state index contributed by atoms with van der Waals surface area (Å²) in [6.45, 7) is 1.02. The van der Waals surface area contributed by atoms with Crippen molar-refractivity contribution in [3.8, 4) is 0 Å². The Bertz CT molecular complexity index is 403. The molecule has 1 amide bonds. The van der Waals surface area contributed by atoms with Crippen molar-refractivity contribution in [2.75, 3.05) is 18.5 Å². The number of carbonyl (C=O) groups excluding carboxylic acids is 1. The average molecular weight is 205 g/mol. The molecule has 4 heteroatoms. The Balaban J connectivity index is 2.34. The van der Waals surface area contributed by atoms with Crippen LogP contribution in [0.4, 0.5) is 5.69 Å². The van der Waals surface area contributed by atoms with E-state index in [0.29, 0.717) is 0 Å². The van der Waals surface area contributed by atoms with Gasteiger partial charge in [-0.2, -0.15) is 0 Å². The van der Waals surface area contributed by atoms with Crippen LogP contribution >= 0.6 is 0 Å². The molecular weight excluding hydrogens is 190 g/mol. The zero-order chi connectivity index (χ0) is 11.0. The Morgan fingerprint density at radius 2 is 2.27 bits per heavy atom. The second-order valence-corrected chi connectivity index (χ2v) is 3.94. The van der Waals surface area contributed by atoms with E-state index in [-0.39, 0.29) is 0 Å². The number of hydrogen-bond acceptors (Lipinski definition) is 3. The minimum Gasteiger partial charge on any atom is -0.374 e. The molecule has 1 unspecified atom stereocenters. The first-order valence-corrected chi connectivity index (χ1v) is 4.98. The van der Waals surface area contributed by atoms with E-state index >= 15 is 0 Å². The molecule has 1 aliphatic heterocycles. The number of benzene rings is 1. The van der Waals surface area contributed by atoms with Gasteiger partial charge in [0, 0.05) is 19.3 Å². The van der Waals surface area contributed by atoms with E-state index in [1.807, 2.05) is 18.2 Å². The summed E-state index contributed by atoms with van der Waals surface area (Å²) in [5.41, 5.74) is 14.1. The molecule has 1 heterocycles. The van der Waals surface area contributed by atoms with Crippen molar-refractivity contribution in [2.24, 2.45) is 11.5 Å². The van der Waals surface area contributed by atoms with Crippen LogP contribution in [0.5, 0.6) is 0 Å². The first kappa shape index (κ1) is 9.98. The second-order valence-electron chi connectivity index (χ2n) is 3.94. The normalized spacial score (nSPS) is 16.3. The Morgan fingerprint density at radius 3 is 2.93 bits per heavy atom. The maximum absolute atomic E-state index is 11.0. The lowest BCUT2D eigenvalue weighted by Gasteiger charge is -2.13. The predicted octanol–water partition coefficient (Wildman–Crippen LogP) is 0.164. The van der Waals surface area contributed by atoms with E-state index in [4.69, 9.17) is 11.5 Å². The van der Waals surface area contributed by atoms with Crippen LogP contribution in [0.1, 0.15) is 17.2 Å². The molecule has 2 rings (SSSR count). The van der Waals surface area contributed by atoms with E-state index in [0.717, 1.165) is 18.5 Å². The molecule has 0 bridgehead atoms. The molecule has 4 nitrogen and oxygen atoms in total. The van der Waals surface area contributed by atoms with Crippen molar-refractivity contribution in [3.63, 3.8) is 0 Å². The highest BCUT2D eigenvalue weighted by atomic mass is 16.1. The smallest absolute Gasteiger partial charge is 0.238 e. The molecule has 1 aromatic rings. The molecule has 0 spiro atoms. The van der Waals surface area contributed by atoms with E-state index < -0.39 is 11.9 Å². The topological polar surface area (TPSA) is 72.3 Å². The lowest BCUT2D eigenvalue weighted by Crippen LogP contribution is -2.28. The van der Waals surface area contributed by atoms with Gasteiger partial charge in [0.25, 0.3) is 0 Å². The van der Waals surface area contributed by atoms with Crippen LogP contribution in [0, 0.1) is 0 Å². The minimum absolute atomic E-state index is 0.485. The molecule has 0 aliphatic carbocycles. The van der Waals surface area contributed by atoms with Crippen molar-refractivity contribution in [3.05, 3.63) is 29.3 Å². The fourth-order valence-electron chi connectivity index (χ4n) is 1.94. The third kappa shape index (κ3) is 1.68. The molecule has 1 aliphatic rings. The molecule has 0 saturated heterocycles. The fraction of sp³-hybridized carbons (Fsp3) is 0.364. The molecule has 0 radical (unpaired) electrons. The van der Waals surface area contributed by atoms with Crippen LogP contribution < -0.4 is 16.4 Å². The summed E-state index contributed by atoms with van der Waals surface area (Å²) in [5.74, 6) is -0.485. The number of anilines is 1.